The van der Waals surface area contributed by atoms with Crippen molar-refractivity contribution >= 4 is 0 Å². The first kappa shape index (κ1) is 11.9. The van der Waals surface area contributed by atoms with Crippen LogP contribution in [0.1, 0.15) is 19.4 Å². The molecule has 1 aromatic carbocycles. The summed E-state index contributed by atoms with van der Waals surface area (Å²) in [6, 6.07) is 10.5. The Kier molecular flexibility index (Phi) is 3.59. The van der Waals surface area contributed by atoms with Gasteiger partial charge in [0.1, 0.15) is 0 Å². The van der Waals surface area contributed by atoms with Crippen molar-refractivity contribution in [2.75, 3.05) is 0 Å². The molecule has 0 bridgehead atoms. The number of nitrogens with zero attached hydrogens (tertiary/aromatic N) is 2. The first-order chi connectivity index (χ1) is 8.16. The van der Waals surface area contributed by atoms with Crippen molar-refractivity contribution < 1.29 is 0 Å². The minimum absolute atomic E-state index is 0.0521. The number of nitrogens with one attached hydrogen (secondary N) is 1. The van der Waals surface area contributed by atoms with Crippen LogP contribution in [0.3, 0.4) is 0 Å². The van der Waals surface area contributed by atoms with Gasteiger partial charge in [-0.15, -0.1) is 0 Å². The first-order valence-corrected chi connectivity index (χ1v) is 5.90. The molecule has 0 radical (unpaired) electrons. The Balaban J connectivity index is 1.89. The van der Waals surface area contributed by atoms with Crippen molar-refractivity contribution in [1.29, 1.82) is 0 Å². The van der Waals surface area contributed by atoms with Gasteiger partial charge in [-0.3, -0.25) is 0 Å². The molecule has 0 amide bonds. The molecule has 90 valence electrons. The molecule has 0 aliphatic carbocycles. The molecule has 0 fully saturated rings. The summed E-state index contributed by atoms with van der Waals surface area (Å²) in [6.07, 6.45) is 5.66. The topological polar surface area (TPSA) is 29.9 Å². The molecule has 2 rings (SSSR count). The van der Waals surface area contributed by atoms with Crippen LogP contribution in [0.4, 0.5) is 0 Å². The number of hydrogen-bond donors (Lipinski definition) is 1. The van der Waals surface area contributed by atoms with Gasteiger partial charge in [-0.25, -0.2) is 4.98 Å². The summed E-state index contributed by atoms with van der Waals surface area (Å²) in [6.45, 7) is 6.22. The summed E-state index contributed by atoms with van der Waals surface area (Å²) in [5, 5.41) is 3.56. The van der Waals surface area contributed by atoms with Gasteiger partial charge < -0.3 is 9.88 Å². The van der Waals surface area contributed by atoms with E-state index in [0.29, 0.717) is 0 Å². The molecule has 0 spiro atoms. The summed E-state index contributed by atoms with van der Waals surface area (Å²) in [7, 11) is 0. The third-order valence-electron chi connectivity index (χ3n) is 2.75. The van der Waals surface area contributed by atoms with Gasteiger partial charge in [-0.05, 0) is 19.4 Å². The fourth-order valence-electron chi connectivity index (χ4n) is 1.83. The molecule has 0 aliphatic heterocycles. The number of rotatable bonds is 5. The van der Waals surface area contributed by atoms with Crippen LogP contribution in [0.2, 0.25) is 0 Å². The van der Waals surface area contributed by atoms with Gasteiger partial charge in [0.25, 0.3) is 0 Å². The molecule has 0 saturated carbocycles. The second kappa shape index (κ2) is 5.15. The van der Waals surface area contributed by atoms with Crippen LogP contribution in [0.25, 0.3) is 0 Å². The quantitative estimate of drug-likeness (QED) is 0.853. The van der Waals surface area contributed by atoms with Gasteiger partial charge >= 0.3 is 0 Å². The highest BCUT2D eigenvalue weighted by Crippen LogP contribution is 2.08. The minimum atomic E-state index is 0.0521. The van der Waals surface area contributed by atoms with Crippen LogP contribution in [0.15, 0.2) is 49.1 Å². The molecular weight excluding hydrogens is 210 g/mol. The second-order valence-electron chi connectivity index (χ2n) is 4.96. The van der Waals surface area contributed by atoms with Crippen molar-refractivity contribution in [2.45, 2.75) is 32.5 Å². The Morgan fingerprint density at radius 3 is 2.65 bits per heavy atom. The standard InChI is InChI=1S/C14H19N3/c1-14(2,11-17-9-8-15-12-17)16-10-13-6-4-3-5-7-13/h3-9,12,16H,10-11H2,1-2H3. The monoisotopic (exact) mass is 229 g/mol. The van der Waals surface area contributed by atoms with E-state index in [4.69, 9.17) is 0 Å². The Morgan fingerprint density at radius 2 is 2.00 bits per heavy atom. The molecule has 2 aromatic rings. The van der Waals surface area contributed by atoms with Crippen LogP contribution in [0.5, 0.6) is 0 Å². The van der Waals surface area contributed by atoms with Crippen molar-refractivity contribution in [2.24, 2.45) is 0 Å². The number of benzene rings is 1. The fourth-order valence-corrected chi connectivity index (χ4v) is 1.83. The minimum Gasteiger partial charge on any atom is -0.336 e. The van der Waals surface area contributed by atoms with E-state index in [-0.39, 0.29) is 5.54 Å². The maximum Gasteiger partial charge on any atom is 0.0946 e. The van der Waals surface area contributed by atoms with E-state index in [0.717, 1.165) is 13.1 Å². The summed E-state index contributed by atoms with van der Waals surface area (Å²) in [5.74, 6) is 0. The van der Waals surface area contributed by atoms with Crippen LogP contribution in [-0.4, -0.2) is 15.1 Å². The van der Waals surface area contributed by atoms with Gasteiger partial charge in [0.05, 0.1) is 6.33 Å². The SMILES string of the molecule is CC(C)(Cn1ccnc1)NCc1ccccc1. The van der Waals surface area contributed by atoms with E-state index in [1.54, 1.807) is 0 Å². The van der Waals surface area contributed by atoms with Crippen molar-refractivity contribution in [3.63, 3.8) is 0 Å². The lowest BCUT2D eigenvalue weighted by Gasteiger charge is -2.26. The molecule has 1 aromatic heterocycles. The van der Waals surface area contributed by atoms with Gasteiger partial charge in [0.2, 0.25) is 0 Å². The Bertz CT molecular complexity index is 432. The van der Waals surface area contributed by atoms with E-state index in [2.05, 4.69) is 53.0 Å². The molecule has 0 aliphatic rings. The van der Waals surface area contributed by atoms with Crippen LogP contribution < -0.4 is 5.32 Å². The van der Waals surface area contributed by atoms with Gasteiger partial charge in [0, 0.05) is 31.0 Å². The highest BCUT2D eigenvalue weighted by atomic mass is 15.1. The fraction of sp³-hybridized carbons (Fsp3) is 0.357. The largest absolute Gasteiger partial charge is 0.336 e. The van der Waals surface area contributed by atoms with E-state index < -0.39 is 0 Å². The van der Waals surface area contributed by atoms with E-state index >= 15 is 0 Å². The average Bonchev–Trinajstić information content (AvgIpc) is 2.80. The number of imidazole rings is 1. The highest BCUT2D eigenvalue weighted by molar-refractivity contribution is 5.14. The molecular formula is C14H19N3. The van der Waals surface area contributed by atoms with Crippen molar-refractivity contribution in [3.05, 3.63) is 54.6 Å². The van der Waals surface area contributed by atoms with Gasteiger partial charge in [0.15, 0.2) is 0 Å². The maximum absolute atomic E-state index is 4.06. The Morgan fingerprint density at radius 1 is 1.24 bits per heavy atom. The average molecular weight is 229 g/mol. The predicted octanol–water partition coefficient (Wildman–Crippen LogP) is 2.45. The lowest BCUT2D eigenvalue weighted by Crippen LogP contribution is -2.42. The van der Waals surface area contributed by atoms with Crippen LogP contribution in [0, 0.1) is 0 Å². The van der Waals surface area contributed by atoms with Gasteiger partial charge in [-0.1, -0.05) is 30.3 Å². The van der Waals surface area contributed by atoms with E-state index in [1.165, 1.54) is 5.56 Å². The molecule has 1 N–H and O–H groups in total. The van der Waals surface area contributed by atoms with Crippen molar-refractivity contribution in [1.82, 2.24) is 14.9 Å². The normalized spacial score (nSPS) is 11.6. The van der Waals surface area contributed by atoms with Crippen LogP contribution >= 0.6 is 0 Å². The summed E-state index contributed by atoms with van der Waals surface area (Å²) < 4.78 is 2.10. The second-order valence-corrected chi connectivity index (χ2v) is 4.96. The molecule has 3 nitrogen and oxygen atoms in total. The lowest BCUT2D eigenvalue weighted by atomic mass is 10.0. The maximum atomic E-state index is 4.06. The zero-order valence-corrected chi connectivity index (χ0v) is 10.4. The molecule has 0 unspecified atom stereocenters. The molecule has 0 saturated heterocycles. The molecule has 3 heteroatoms. The molecule has 17 heavy (non-hydrogen) atoms. The number of aromatic nitrogens is 2. The Labute approximate surface area is 103 Å². The Hall–Kier alpha value is -1.61. The first-order valence-electron chi connectivity index (χ1n) is 5.90. The summed E-state index contributed by atoms with van der Waals surface area (Å²) in [4.78, 5) is 4.06. The van der Waals surface area contributed by atoms with Crippen LogP contribution in [-0.2, 0) is 13.1 Å². The molecule has 1 heterocycles. The zero-order chi connectivity index (χ0) is 12.1. The zero-order valence-electron chi connectivity index (χ0n) is 10.4. The molecule has 0 atom stereocenters. The number of hydrogen-bond acceptors (Lipinski definition) is 2. The smallest absolute Gasteiger partial charge is 0.0946 e. The predicted molar refractivity (Wildman–Crippen MR) is 69.6 cm³/mol. The lowest BCUT2D eigenvalue weighted by molar-refractivity contribution is 0.334. The third-order valence-corrected chi connectivity index (χ3v) is 2.75. The van der Waals surface area contributed by atoms with E-state index in [9.17, 15) is 0 Å². The van der Waals surface area contributed by atoms with Crippen molar-refractivity contribution in [3.8, 4) is 0 Å². The summed E-state index contributed by atoms with van der Waals surface area (Å²) in [5.41, 5.74) is 1.36. The third kappa shape index (κ3) is 3.71. The highest BCUT2D eigenvalue weighted by Gasteiger charge is 2.17. The van der Waals surface area contributed by atoms with Gasteiger partial charge in [-0.2, -0.15) is 0 Å². The summed E-state index contributed by atoms with van der Waals surface area (Å²) >= 11 is 0. The van der Waals surface area contributed by atoms with E-state index in [1.807, 2.05) is 24.8 Å².